The van der Waals surface area contributed by atoms with E-state index in [2.05, 4.69) is 35.7 Å². The summed E-state index contributed by atoms with van der Waals surface area (Å²) < 4.78 is 0. The molecule has 1 saturated heterocycles. The van der Waals surface area contributed by atoms with Gasteiger partial charge in [-0.15, -0.1) is 0 Å². The minimum absolute atomic E-state index is 0.112. The Kier molecular flexibility index (Phi) is 6.51. The van der Waals surface area contributed by atoms with Gasteiger partial charge in [-0.3, -0.25) is 9.59 Å². The summed E-state index contributed by atoms with van der Waals surface area (Å²) >= 11 is 0. The number of rotatable bonds is 4. The van der Waals surface area contributed by atoms with Crippen LogP contribution in [0.3, 0.4) is 0 Å². The Morgan fingerprint density at radius 3 is 2.85 bits per heavy atom. The molecule has 7 heteroatoms. The summed E-state index contributed by atoms with van der Waals surface area (Å²) in [4.78, 5) is 29.7. The number of oxime groups is 1. The van der Waals surface area contributed by atoms with Gasteiger partial charge < -0.3 is 20.6 Å². The van der Waals surface area contributed by atoms with Gasteiger partial charge in [0.05, 0.1) is 11.8 Å². The van der Waals surface area contributed by atoms with Crippen LogP contribution in [0.5, 0.6) is 0 Å². The maximum Gasteiger partial charge on any atom is 0.261 e. The van der Waals surface area contributed by atoms with E-state index >= 15 is 0 Å². The summed E-state index contributed by atoms with van der Waals surface area (Å²) in [5, 5.41) is 20.6. The second-order valence-corrected chi connectivity index (χ2v) is 11.9. The number of hydrogen-bond acceptors (Lipinski definition) is 5. The fourth-order valence-corrected chi connectivity index (χ4v) is 8.10. The van der Waals surface area contributed by atoms with Crippen molar-refractivity contribution >= 4 is 17.5 Å². The molecule has 3 saturated carbocycles. The van der Waals surface area contributed by atoms with Gasteiger partial charge >= 0.3 is 0 Å². The number of fused-ring (bicyclic) bond motifs is 5. The van der Waals surface area contributed by atoms with E-state index in [0.29, 0.717) is 24.8 Å². The quantitative estimate of drug-likeness (QED) is 0.547. The molecular formula is C27H41N3O4. The predicted octanol–water partition coefficient (Wildman–Crippen LogP) is 3.47. The maximum absolute atomic E-state index is 12.3. The number of nitrogens with one attached hydrogen (secondary N) is 2. The maximum atomic E-state index is 12.3. The van der Waals surface area contributed by atoms with E-state index in [1.165, 1.54) is 24.8 Å². The van der Waals surface area contributed by atoms with Crippen molar-refractivity contribution in [1.29, 1.82) is 0 Å². The van der Waals surface area contributed by atoms with Crippen LogP contribution in [0.1, 0.15) is 84.5 Å². The fraction of sp³-hybridized carbons (Fsp3) is 0.815. The molecule has 34 heavy (non-hydrogen) atoms. The summed E-state index contributed by atoms with van der Waals surface area (Å²) in [5.41, 5.74) is 2.74. The highest BCUT2D eigenvalue weighted by molar-refractivity contribution is 5.96. The fourth-order valence-electron chi connectivity index (χ4n) is 8.10. The number of hydrogen-bond donors (Lipinski definition) is 3. The molecule has 0 aromatic rings. The van der Waals surface area contributed by atoms with Crippen LogP contribution >= 0.6 is 0 Å². The van der Waals surface area contributed by atoms with Gasteiger partial charge in [-0.05, 0) is 105 Å². The van der Waals surface area contributed by atoms with Crippen LogP contribution in [-0.4, -0.2) is 47.9 Å². The Morgan fingerprint density at radius 2 is 2.00 bits per heavy atom. The minimum Gasteiger partial charge on any atom is -0.393 e. The van der Waals surface area contributed by atoms with Gasteiger partial charge in [0, 0.05) is 6.54 Å². The van der Waals surface area contributed by atoms with Gasteiger partial charge in [-0.25, -0.2) is 0 Å². The monoisotopic (exact) mass is 471 g/mol. The SMILES string of the molecule is C[C@]12CC[C@H]3[C@@H](CCC4=C/C(=N\OCC(=O)N[C@@H]5CCCCNC5=O)CC[C@@]43C)[C@@H]1CC[C@H]2O. The molecule has 188 valence electrons. The number of amides is 2. The molecular weight excluding hydrogens is 430 g/mol. The zero-order chi connectivity index (χ0) is 23.9. The van der Waals surface area contributed by atoms with Crippen molar-refractivity contribution < 1.29 is 19.5 Å². The summed E-state index contributed by atoms with van der Waals surface area (Å²) in [5.74, 6) is 1.66. The zero-order valence-electron chi connectivity index (χ0n) is 20.8. The first-order valence-corrected chi connectivity index (χ1v) is 13.5. The molecule has 3 N–H and O–H groups in total. The van der Waals surface area contributed by atoms with Crippen molar-refractivity contribution in [1.82, 2.24) is 10.6 Å². The minimum atomic E-state index is -0.475. The third kappa shape index (κ3) is 4.18. The van der Waals surface area contributed by atoms with E-state index in [9.17, 15) is 14.7 Å². The average Bonchev–Trinajstić information content (AvgIpc) is 2.97. The summed E-state index contributed by atoms with van der Waals surface area (Å²) in [6.45, 7) is 5.29. The molecule has 4 aliphatic carbocycles. The van der Waals surface area contributed by atoms with Gasteiger partial charge in [-0.1, -0.05) is 24.6 Å². The molecule has 2 amide bonds. The molecule has 4 fully saturated rings. The first-order chi connectivity index (χ1) is 16.3. The molecule has 0 aromatic carbocycles. The molecule has 0 bridgehead atoms. The first kappa shape index (κ1) is 23.8. The predicted molar refractivity (Wildman–Crippen MR) is 130 cm³/mol. The molecule has 5 rings (SSSR count). The molecule has 7 atom stereocenters. The summed E-state index contributed by atoms with van der Waals surface area (Å²) in [7, 11) is 0. The Labute approximate surface area is 203 Å². The molecule has 0 unspecified atom stereocenters. The summed E-state index contributed by atoms with van der Waals surface area (Å²) in [6.07, 6.45) is 13.4. The Balaban J connectivity index is 1.19. The smallest absolute Gasteiger partial charge is 0.261 e. The van der Waals surface area contributed by atoms with Crippen molar-refractivity contribution in [3.05, 3.63) is 11.6 Å². The normalized spacial score (nSPS) is 43.0. The van der Waals surface area contributed by atoms with Crippen LogP contribution in [0.4, 0.5) is 0 Å². The number of aliphatic hydroxyl groups excluding tert-OH is 1. The molecule has 0 aromatic heterocycles. The van der Waals surface area contributed by atoms with Gasteiger partial charge in [0.1, 0.15) is 6.04 Å². The van der Waals surface area contributed by atoms with Crippen LogP contribution < -0.4 is 10.6 Å². The highest BCUT2D eigenvalue weighted by Crippen LogP contribution is 2.65. The lowest BCUT2D eigenvalue weighted by atomic mass is 9.47. The third-order valence-electron chi connectivity index (χ3n) is 10.2. The van der Waals surface area contributed by atoms with Crippen molar-refractivity contribution in [3.63, 3.8) is 0 Å². The molecule has 0 radical (unpaired) electrons. The largest absolute Gasteiger partial charge is 0.393 e. The van der Waals surface area contributed by atoms with E-state index < -0.39 is 6.04 Å². The molecule has 0 spiro atoms. The molecule has 5 aliphatic rings. The summed E-state index contributed by atoms with van der Waals surface area (Å²) in [6, 6.07) is -0.475. The van der Waals surface area contributed by atoms with Crippen LogP contribution in [0.2, 0.25) is 0 Å². The average molecular weight is 472 g/mol. The standard InChI is InChI=1S/C27H41N3O4/c1-26-12-10-18(30-34-16-24(32)29-22-5-3-4-14-28-25(22)33)15-17(26)6-7-19-20-8-9-23(31)27(20,2)13-11-21(19)26/h15,19-23,31H,3-14,16H2,1-2H3,(H,28,33)(H,29,32)/b30-18-/t19-,20-,21-,22+,23+,26-,27-/m0/s1. The topological polar surface area (TPSA) is 100 Å². The number of nitrogens with zero attached hydrogens (tertiary/aromatic N) is 1. The van der Waals surface area contributed by atoms with Crippen molar-refractivity contribution in [2.45, 2.75) is 96.6 Å². The molecule has 1 aliphatic heterocycles. The highest BCUT2D eigenvalue weighted by atomic mass is 16.6. The van der Waals surface area contributed by atoms with E-state index in [1.807, 2.05) is 0 Å². The van der Waals surface area contributed by atoms with Gasteiger partial charge in [-0.2, -0.15) is 0 Å². The van der Waals surface area contributed by atoms with Crippen LogP contribution in [-0.2, 0) is 14.4 Å². The van der Waals surface area contributed by atoms with E-state index in [4.69, 9.17) is 4.84 Å². The second kappa shape index (κ2) is 9.29. The Morgan fingerprint density at radius 1 is 1.15 bits per heavy atom. The third-order valence-corrected chi connectivity index (χ3v) is 10.2. The molecule has 1 heterocycles. The lowest BCUT2D eigenvalue weighted by molar-refractivity contribution is -0.131. The zero-order valence-corrected chi connectivity index (χ0v) is 20.8. The first-order valence-electron chi connectivity index (χ1n) is 13.5. The van der Waals surface area contributed by atoms with Crippen LogP contribution in [0, 0.1) is 28.6 Å². The Hall–Kier alpha value is -1.89. The van der Waals surface area contributed by atoms with Gasteiger partial charge in [0.2, 0.25) is 5.91 Å². The number of carbonyl (C=O) groups excluding carboxylic acids is 2. The molecule has 7 nitrogen and oxygen atoms in total. The van der Waals surface area contributed by atoms with Crippen molar-refractivity contribution in [2.24, 2.45) is 33.7 Å². The lowest BCUT2D eigenvalue weighted by Gasteiger charge is -2.57. The van der Waals surface area contributed by atoms with Crippen LogP contribution in [0.15, 0.2) is 16.8 Å². The number of carbonyl (C=O) groups is 2. The lowest BCUT2D eigenvalue weighted by Crippen LogP contribution is -2.51. The van der Waals surface area contributed by atoms with Gasteiger partial charge in [0.25, 0.3) is 5.91 Å². The van der Waals surface area contributed by atoms with Gasteiger partial charge in [0.15, 0.2) is 6.61 Å². The number of allylic oxidation sites excluding steroid dienone is 2. The second-order valence-electron chi connectivity index (χ2n) is 11.9. The van der Waals surface area contributed by atoms with E-state index in [-0.39, 0.29) is 35.4 Å². The van der Waals surface area contributed by atoms with Crippen molar-refractivity contribution in [3.8, 4) is 0 Å². The van der Waals surface area contributed by atoms with E-state index in [0.717, 1.165) is 56.6 Å². The van der Waals surface area contributed by atoms with Crippen LogP contribution in [0.25, 0.3) is 0 Å². The van der Waals surface area contributed by atoms with Crippen molar-refractivity contribution in [2.75, 3.05) is 13.2 Å². The van der Waals surface area contributed by atoms with E-state index in [1.54, 1.807) is 0 Å². The number of aliphatic hydroxyl groups is 1. The highest BCUT2D eigenvalue weighted by Gasteiger charge is 2.58. The Bertz CT molecular complexity index is 885.